The monoisotopic (exact) mass is 531 g/mol. The van der Waals surface area contributed by atoms with Gasteiger partial charge >= 0.3 is 0 Å². The molecule has 0 aliphatic carbocycles. The fourth-order valence-corrected chi connectivity index (χ4v) is 5.74. The van der Waals surface area contributed by atoms with Crippen LogP contribution in [0.3, 0.4) is 0 Å². The van der Waals surface area contributed by atoms with E-state index in [0.717, 1.165) is 0 Å². The van der Waals surface area contributed by atoms with Gasteiger partial charge in [-0.15, -0.1) is 0 Å². The smallest absolute Gasteiger partial charge is 0.169 e. The molecule has 0 spiro atoms. The number of hydrogen-bond acceptors (Lipinski definition) is 8. The predicted molar refractivity (Wildman–Crippen MR) is 153 cm³/mol. The molecule has 6 N–H and O–H groups in total. The zero-order chi connectivity index (χ0) is 29.1. The summed E-state index contributed by atoms with van der Waals surface area (Å²) in [7, 11) is 1.50. The molecule has 0 bridgehead atoms. The summed E-state index contributed by atoms with van der Waals surface area (Å²) in [6, 6.07) is 3.47. The Morgan fingerprint density at radius 3 is 1.38 bits per heavy atom. The number of phenols is 6. The van der Waals surface area contributed by atoms with Crippen molar-refractivity contribution in [3.8, 4) is 45.6 Å². The van der Waals surface area contributed by atoms with E-state index in [0.29, 0.717) is 39.3 Å². The minimum absolute atomic E-state index is 0.0512. The van der Waals surface area contributed by atoms with Crippen LogP contribution >= 0.6 is 0 Å². The average Bonchev–Trinajstić information content (AvgIpc) is 2.84. The summed E-state index contributed by atoms with van der Waals surface area (Å²) < 4.78 is 0. The second-order valence-corrected chi connectivity index (χ2v) is 10.5. The molecule has 4 rings (SSSR count). The fourth-order valence-electron chi connectivity index (χ4n) is 5.74. The van der Waals surface area contributed by atoms with Crippen LogP contribution in [0.2, 0.25) is 0 Å². The normalized spacial score (nSPS) is 12.0. The Morgan fingerprint density at radius 2 is 1.03 bits per heavy atom. The largest absolute Gasteiger partial charge is 0.507 e. The Labute approximate surface area is 226 Å². The van der Waals surface area contributed by atoms with Gasteiger partial charge in [-0.2, -0.15) is 0 Å². The summed E-state index contributed by atoms with van der Waals surface area (Å²) in [6.45, 7) is 10.8. The number of aryl methyl sites for hydroxylation is 2. The van der Waals surface area contributed by atoms with Gasteiger partial charge in [0.15, 0.2) is 29.3 Å². The van der Waals surface area contributed by atoms with Gasteiger partial charge in [0.2, 0.25) is 0 Å². The summed E-state index contributed by atoms with van der Waals surface area (Å²) in [6.07, 6.45) is 1.71. The van der Waals surface area contributed by atoms with Crippen LogP contribution in [0.4, 0.5) is 0 Å². The molecule has 0 saturated heterocycles. The van der Waals surface area contributed by atoms with Gasteiger partial charge in [-0.05, 0) is 47.6 Å². The number of benzene rings is 4. The molecule has 0 aliphatic rings. The highest BCUT2D eigenvalue weighted by Crippen LogP contribution is 2.54. The summed E-state index contributed by atoms with van der Waals surface area (Å²) in [5, 5.41) is 67.7. The van der Waals surface area contributed by atoms with Crippen LogP contribution in [0, 0.1) is 13.8 Å². The Morgan fingerprint density at radius 1 is 0.641 bits per heavy atom. The first kappa shape index (κ1) is 27.6. The van der Waals surface area contributed by atoms with E-state index < -0.39 is 17.2 Å². The van der Waals surface area contributed by atoms with E-state index >= 15 is 0 Å². The molecule has 8 nitrogen and oxygen atoms in total. The van der Waals surface area contributed by atoms with Gasteiger partial charge in [0, 0.05) is 51.9 Å². The summed E-state index contributed by atoms with van der Waals surface area (Å²) >= 11 is 0. The molecular formula is C31H33NO7. The predicted octanol–water partition coefficient (Wildman–Crippen LogP) is 6.62. The van der Waals surface area contributed by atoms with Crippen molar-refractivity contribution in [1.82, 2.24) is 0 Å². The summed E-state index contributed by atoms with van der Waals surface area (Å²) in [5.41, 5.74) is 2.24. The second-order valence-electron chi connectivity index (χ2n) is 10.5. The first-order valence-corrected chi connectivity index (χ1v) is 12.7. The molecule has 0 saturated carbocycles. The zero-order valence-corrected chi connectivity index (χ0v) is 23.0. The number of phenolic OH excluding ortho intramolecular Hbond substituents is 6. The third-order valence-corrected chi connectivity index (χ3v) is 7.37. The number of aldehydes is 1. The van der Waals surface area contributed by atoms with Crippen molar-refractivity contribution < 1.29 is 35.4 Å². The minimum atomic E-state index is -0.630. The summed E-state index contributed by atoms with van der Waals surface area (Å²) in [5.74, 6) is -2.82. The third-order valence-electron chi connectivity index (χ3n) is 7.37. The average molecular weight is 532 g/mol. The van der Waals surface area contributed by atoms with Gasteiger partial charge in [-0.1, -0.05) is 39.8 Å². The first-order valence-electron chi connectivity index (χ1n) is 12.7. The van der Waals surface area contributed by atoms with E-state index in [1.165, 1.54) is 13.3 Å². The van der Waals surface area contributed by atoms with Crippen LogP contribution in [-0.4, -0.2) is 50.2 Å². The number of rotatable bonds is 5. The maximum absolute atomic E-state index is 12.1. The number of fused-ring (bicyclic) bond motifs is 2. The SMILES string of the molecule is CN=Cc1c(O)c(O)c(C(C)C)c2cc(C)c(-c3c(C)cc4c(C(C)C)c(O)c(O)c(C=O)c4c3O)c(O)c12. The lowest BCUT2D eigenvalue weighted by Crippen LogP contribution is -2.01. The Balaban J connectivity index is 2.28. The van der Waals surface area contributed by atoms with Crippen molar-refractivity contribution in [3.63, 3.8) is 0 Å². The van der Waals surface area contributed by atoms with Gasteiger partial charge in [-0.25, -0.2) is 0 Å². The second kappa shape index (κ2) is 9.69. The van der Waals surface area contributed by atoms with E-state index in [2.05, 4.69) is 4.99 Å². The van der Waals surface area contributed by atoms with E-state index in [1.54, 1.807) is 26.0 Å². The molecule has 0 aromatic heterocycles. The standard InChI is InChI=1S/C31H33NO7/c1-12(2)20-16-8-14(5)22(28(36)24(16)18(10-32-7)26(34)30(20)38)23-15(6)9-17-21(13(3)4)31(39)27(35)19(11-33)25(17)29(23)37/h8-13,34-39H,1-7H3. The highest BCUT2D eigenvalue weighted by molar-refractivity contribution is 6.14. The van der Waals surface area contributed by atoms with E-state index in [4.69, 9.17) is 0 Å². The van der Waals surface area contributed by atoms with Crippen molar-refractivity contribution in [2.24, 2.45) is 4.99 Å². The Hall–Kier alpha value is -4.46. The van der Waals surface area contributed by atoms with Gasteiger partial charge in [-0.3, -0.25) is 9.79 Å². The van der Waals surface area contributed by atoms with Crippen LogP contribution in [0.5, 0.6) is 34.5 Å². The molecule has 4 aromatic rings. The van der Waals surface area contributed by atoms with Crippen molar-refractivity contribution in [2.45, 2.75) is 53.4 Å². The van der Waals surface area contributed by atoms with Gasteiger partial charge in [0.05, 0.1) is 5.56 Å². The molecule has 204 valence electrons. The molecule has 4 aromatic carbocycles. The number of carbonyl (C=O) groups is 1. The molecule has 0 heterocycles. The molecule has 8 heteroatoms. The molecule has 0 unspecified atom stereocenters. The molecular weight excluding hydrogens is 498 g/mol. The lowest BCUT2D eigenvalue weighted by Gasteiger charge is -2.23. The molecule has 0 atom stereocenters. The third kappa shape index (κ3) is 3.90. The number of aliphatic imine (C=N–C) groups is 1. The lowest BCUT2D eigenvalue weighted by atomic mass is 9.83. The first-order chi connectivity index (χ1) is 18.3. The molecule has 0 aliphatic heterocycles. The number of nitrogens with zero attached hydrogens (tertiary/aromatic N) is 1. The van der Waals surface area contributed by atoms with Crippen molar-refractivity contribution in [3.05, 3.63) is 45.5 Å². The van der Waals surface area contributed by atoms with Crippen molar-refractivity contribution >= 4 is 34.0 Å². The maximum Gasteiger partial charge on any atom is 0.169 e. The van der Waals surface area contributed by atoms with E-state index in [9.17, 15) is 35.4 Å². The van der Waals surface area contributed by atoms with Crippen LogP contribution in [0.1, 0.15) is 77.7 Å². The van der Waals surface area contributed by atoms with Crippen LogP contribution < -0.4 is 0 Å². The molecule has 0 radical (unpaired) electrons. The number of hydrogen-bond donors (Lipinski definition) is 6. The van der Waals surface area contributed by atoms with Crippen LogP contribution in [0.25, 0.3) is 32.7 Å². The fraction of sp³-hybridized carbons (Fsp3) is 0.290. The number of aromatic hydroxyl groups is 6. The van der Waals surface area contributed by atoms with E-state index in [-0.39, 0.29) is 62.1 Å². The minimum Gasteiger partial charge on any atom is -0.507 e. The lowest BCUT2D eigenvalue weighted by molar-refractivity contribution is 0.112. The molecule has 0 fully saturated rings. The van der Waals surface area contributed by atoms with Crippen LogP contribution in [0.15, 0.2) is 17.1 Å². The molecule has 0 amide bonds. The van der Waals surface area contributed by atoms with Crippen LogP contribution in [-0.2, 0) is 0 Å². The Kier molecular flexibility index (Phi) is 6.85. The summed E-state index contributed by atoms with van der Waals surface area (Å²) in [4.78, 5) is 16.1. The maximum atomic E-state index is 12.1. The highest BCUT2D eigenvalue weighted by atomic mass is 16.3. The zero-order valence-electron chi connectivity index (χ0n) is 23.0. The topological polar surface area (TPSA) is 151 Å². The Bertz CT molecular complexity index is 1720. The van der Waals surface area contributed by atoms with E-state index in [1.807, 2.05) is 27.7 Å². The van der Waals surface area contributed by atoms with Crippen molar-refractivity contribution in [1.29, 1.82) is 0 Å². The quantitative estimate of drug-likeness (QED) is 0.0962. The van der Waals surface area contributed by atoms with Gasteiger partial charge in [0.25, 0.3) is 0 Å². The van der Waals surface area contributed by atoms with Gasteiger partial charge < -0.3 is 30.6 Å². The van der Waals surface area contributed by atoms with Crippen molar-refractivity contribution in [2.75, 3.05) is 7.05 Å². The molecule has 39 heavy (non-hydrogen) atoms. The number of carbonyl (C=O) groups excluding carboxylic acids is 1. The van der Waals surface area contributed by atoms with Gasteiger partial charge in [0.1, 0.15) is 11.5 Å². The highest BCUT2D eigenvalue weighted by Gasteiger charge is 2.29.